The van der Waals surface area contributed by atoms with E-state index in [1.54, 1.807) is 12.4 Å². The molecule has 2 aliphatic heterocycles. The van der Waals surface area contributed by atoms with Gasteiger partial charge in [-0.3, -0.25) is 15.1 Å². The molecule has 196 valence electrons. The van der Waals surface area contributed by atoms with Gasteiger partial charge in [0.15, 0.2) is 5.13 Å². The van der Waals surface area contributed by atoms with Crippen LogP contribution in [0.25, 0.3) is 0 Å². The molecule has 38 heavy (non-hydrogen) atoms. The van der Waals surface area contributed by atoms with Crippen LogP contribution < -0.4 is 15.0 Å². The standard InChI is InChI=1S/C29H31N5O3S/c35-28(27-4-1-15-33(27)19-21-9-13-30-14-10-21)32-29-31-25(20-38-29)26-3-2-16-34(26)22-5-7-23(8-6-22)37-24-11-17-36-18-12-24/h1,4-10,13-15,20,24,26H,2-3,11-12,16-19H2,(H,31,32,35)/t26-/m1/s1. The summed E-state index contributed by atoms with van der Waals surface area (Å²) in [7, 11) is 0. The molecular formula is C29H31N5O3S. The second kappa shape index (κ2) is 11.4. The minimum atomic E-state index is -0.159. The molecule has 0 saturated carbocycles. The number of hydrogen-bond acceptors (Lipinski definition) is 7. The Hall–Kier alpha value is -3.69. The Kier molecular flexibility index (Phi) is 7.37. The van der Waals surface area contributed by atoms with E-state index in [4.69, 9.17) is 14.5 Å². The number of pyridine rings is 1. The molecule has 0 unspecified atom stereocenters. The smallest absolute Gasteiger partial charge is 0.274 e. The molecule has 9 heteroatoms. The van der Waals surface area contributed by atoms with Crippen molar-refractivity contribution in [2.45, 2.75) is 44.4 Å². The van der Waals surface area contributed by atoms with Crippen LogP contribution in [0.1, 0.15) is 53.5 Å². The van der Waals surface area contributed by atoms with Crippen LogP contribution >= 0.6 is 11.3 Å². The van der Waals surface area contributed by atoms with E-state index >= 15 is 0 Å². The quantitative estimate of drug-likeness (QED) is 0.323. The highest BCUT2D eigenvalue weighted by Gasteiger charge is 2.29. The van der Waals surface area contributed by atoms with Crippen molar-refractivity contribution >= 4 is 28.1 Å². The monoisotopic (exact) mass is 529 g/mol. The number of nitrogens with one attached hydrogen (secondary N) is 1. The zero-order chi connectivity index (χ0) is 25.7. The summed E-state index contributed by atoms with van der Waals surface area (Å²) < 4.78 is 13.5. The molecule has 1 atom stereocenters. The maximum Gasteiger partial charge on any atom is 0.274 e. The first kappa shape index (κ1) is 24.6. The first-order valence-corrected chi connectivity index (χ1v) is 14.0. The summed E-state index contributed by atoms with van der Waals surface area (Å²) in [6.45, 7) is 3.13. The lowest BCUT2D eigenvalue weighted by Crippen LogP contribution is -2.26. The van der Waals surface area contributed by atoms with E-state index in [1.807, 2.05) is 35.0 Å². The van der Waals surface area contributed by atoms with Gasteiger partial charge < -0.3 is 18.9 Å². The summed E-state index contributed by atoms with van der Waals surface area (Å²) >= 11 is 1.47. The van der Waals surface area contributed by atoms with Gasteiger partial charge in [0.05, 0.1) is 24.9 Å². The van der Waals surface area contributed by atoms with Crippen LogP contribution in [0, 0.1) is 0 Å². The van der Waals surface area contributed by atoms with Crippen molar-refractivity contribution in [1.29, 1.82) is 0 Å². The number of amides is 1. The second-order valence-corrected chi connectivity index (χ2v) is 10.5. The molecule has 6 rings (SSSR count). The van der Waals surface area contributed by atoms with E-state index in [2.05, 4.69) is 44.8 Å². The Bertz CT molecular complexity index is 1350. The van der Waals surface area contributed by atoms with Gasteiger partial charge in [0.1, 0.15) is 17.5 Å². The number of carbonyl (C=O) groups excluding carboxylic acids is 1. The number of carbonyl (C=O) groups is 1. The van der Waals surface area contributed by atoms with Crippen LogP contribution in [0.4, 0.5) is 10.8 Å². The second-order valence-electron chi connectivity index (χ2n) is 9.68. The average Bonchev–Trinajstić information content (AvgIpc) is 3.72. The largest absolute Gasteiger partial charge is 0.490 e. The molecule has 1 amide bonds. The van der Waals surface area contributed by atoms with Crippen LogP contribution in [0.5, 0.6) is 5.75 Å². The minimum absolute atomic E-state index is 0.159. The summed E-state index contributed by atoms with van der Waals surface area (Å²) in [4.78, 5) is 24.4. The highest BCUT2D eigenvalue weighted by molar-refractivity contribution is 7.14. The zero-order valence-electron chi connectivity index (χ0n) is 21.2. The molecule has 0 aliphatic carbocycles. The predicted octanol–water partition coefficient (Wildman–Crippen LogP) is 5.54. The maximum absolute atomic E-state index is 13.1. The molecule has 1 N–H and O–H groups in total. The van der Waals surface area contributed by atoms with E-state index in [0.717, 1.165) is 62.4 Å². The molecule has 0 radical (unpaired) electrons. The molecule has 1 aromatic carbocycles. The SMILES string of the molecule is O=C(Nc1nc([C@H]2CCCN2c2ccc(OC3CCOCC3)cc2)cs1)c1cccn1Cc1ccncc1. The number of aromatic nitrogens is 3. The molecule has 2 saturated heterocycles. The third kappa shape index (κ3) is 5.58. The van der Waals surface area contributed by atoms with Gasteiger partial charge >= 0.3 is 0 Å². The van der Waals surface area contributed by atoms with E-state index in [-0.39, 0.29) is 18.1 Å². The first-order valence-electron chi connectivity index (χ1n) is 13.1. The number of hydrogen-bond donors (Lipinski definition) is 1. The van der Waals surface area contributed by atoms with Crippen LogP contribution in [0.15, 0.2) is 72.5 Å². The Morgan fingerprint density at radius 1 is 1.08 bits per heavy atom. The number of ether oxygens (including phenoxy) is 2. The highest BCUT2D eigenvalue weighted by atomic mass is 32.1. The van der Waals surface area contributed by atoms with Gasteiger partial charge in [0, 0.05) is 55.6 Å². The van der Waals surface area contributed by atoms with Gasteiger partial charge in [0.25, 0.3) is 5.91 Å². The van der Waals surface area contributed by atoms with Crippen LogP contribution in [0.3, 0.4) is 0 Å². The third-order valence-electron chi connectivity index (χ3n) is 7.14. The number of benzene rings is 1. The Balaban J connectivity index is 1.10. The number of nitrogens with zero attached hydrogens (tertiary/aromatic N) is 4. The summed E-state index contributed by atoms with van der Waals surface area (Å²) in [5.74, 6) is 0.747. The van der Waals surface area contributed by atoms with Crippen LogP contribution in [-0.2, 0) is 11.3 Å². The number of thiazole rings is 1. The average molecular weight is 530 g/mol. The van der Waals surface area contributed by atoms with Crippen molar-refractivity contribution in [3.63, 3.8) is 0 Å². The third-order valence-corrected chi connectivity index (χ3v) is 7.92. The highest BCUT2D eigenvalue weighted by Crippen LogP contribution is 2.38. The number of rotatable bonds is 8. The lowest BCUT2D eigenvalue weighted by Gasteiger charge is -2.27. The topological polar surface area (TPSA) is 81.5 Å². The fourth-order valence-electron chi connectivity index (χ4n) is 5.19. The summed E-state index contributed by atoms with van der Waals surface area (Å²) in [6, 6.07) is 16.2. The molecule has 2 aliphatic rings. The van der Waals surface area contributed by atoms with E-state index in [9.17, 15) is 4.79 Å². The van der Waals surface area contributed by atoms with Gasteiger partial charge in [-0.25, -0.2) is 4.98 Å². The van der Waals surface area contributed by atoms with Gasteiger partial charge in [0.2, 0.25) is 0 Å². The molecule has 3 aromatic heterocycles. The lowest BCUT2D eigenvalue weighted by molar-refractivity contribution is 0.0256. The van der Waals surface area contributed by atoms with E-state index < -0.39 is 0 Å². The van der Waals surface area contributed by atoms with Crippen molar-refractivity contribution in [3.05, 3.63) is 89.5 Å². The van der Waals surface area contributed by atoms with E-state index in [1.165, 1.54) is 17.0 Å². The van der Waals surface area contributed by atoms with Crippen LogP contribution in [-0.4, -0.2) is 46.3 Å². The first-order chi connectivity index (χ1) is 18.7. The van der Waals surface area contributed by atoms with Crippen molar-refractivity contribution < 1.29 is 14.3 Å². The van der Waals surface area contributed by atoms with E-state index in [0.29, 0.717) is 17.4 Å². The predicted molar refractivity (Wildman–Crippen MR) is 148 cm³/mol. The molecule has 4 aromatic rings. The number of anilines is 2. The molecule has 2 fully saturated rings. The Labute approximate surface area is 226 Å². The fraction of sp³-hybridized carbons (Fsp3) is 0.345. The molecule has 0 spiro atoms. The Morgan fingerprint density at radius 3 is 2.71 bits per heavy atom. The lowest BCUT2D eigenvalue weighted by atomic mass is 10.1. The van der Waals surface area contributed by atoms with Crippen molar-refractivity contribution in [3.8, 4) is 5.75 Å². The Morgan fingerprint density at radius 2 is 1.89 bits per heavy atom. The molecule has 8 nitrogen and oxygen atoms in total. The van der Waals surface area contributed by atoms with Gasteiger partial charge in [-0.2, -0.15) is 0 Å². The molecular weight excluding hydrogens is 498 g/mol. The van der Waals surface area contributed by atoms with Gasteiger partial charge in [-0.15, -0.1) is 11.3 Å². The molecule has 0 bridgehead atoms. The van der Waals surface area contributed by atoms with Crippen molar-refractivity contribution in [1.82, 2.24) is 14.5 Å². The zero-order valence-corrected chi connectivity index (χ0v) is 22.0. The van der Waals surface area contributed by atoms with Gasteiger partial charge in [-0.05, 0) is 66.9 Å². The fourth-order valence-corrected chi connectivity index (χ4v) is 5.94. The minimum Gasteiger partial charge on any atom is -0.490 e. The van der Waals surface area contributed by atoms with Crippen molar-refractivity contribution in [2.24, 2.45) is 0 Å². The van der Waals surface area contributed by atoms with Crippen LogP contribution in [0.2, 0.25) is 0 Å². The summed E-state index contributed by atoms with van der Waals surface area (Å²) in [5, 5.41) is 5.69. The normalized spacial score (nSPS) is 18.0. The molecule has 5 heterocycles. The summed E-state index contributed by atoms with van der Waals surface area (Å²) in [6.07, 6.45) is 9.69. The van der Waals surface area contributed by atoms with Gasteiger partial charge in [-0.1, -0.05) is 0 Å². The van der Waals surface area contributed by atoms with Crippen molar-refractivity contribution in [2.75, 3.05) is 30.0 Å². The maximum atomic E-state index is 13.1. The summed E-state index contributed by atoms with van der Waals surface area (Å²) in [5.41, 5.74) is 3.85.